The first-order valence-corrected chi connectivity index (χ1v) is 12.0. The Balaban J connectivity index is 1.53. The highest BCUT2D eigenvalue weighted by molar-refractivity contribution is 7.85. The van der Waals surface area contributed by atoms with E-state index in [4.69, 9.17) is 9.47 Å². The minimum atomic E-state index is -1.44. The van der Waals surface area contributed by atoms with E-state index in [1.807, 2.05) is 67.6 Å². The molecule has 3 aromatic rings. The summed E-state index contributed by atoms with van der Waals surface area (Å²) in [6, 6.07) is 22.7. The third-order valence-corrected chi connectivity index (χ3v) is 6.36. The van der Waals surface area contributed by atoms with Gasteiger partial charge in [0.05, 0.1) is 29.4 Å². The maximum absolute atomic E-state index is 12.3. The predicted octanol–water partition coefficient (Wildman–Crippen LogP) is 5.33. The molecule has 0 fully saturated rings. The SMILES string of the molecule is COc1cc(CC/C(O)=C/C(=O)C[S@@](=O)c2ccc(C)cc2)ccc1OCc1ccccc1. The quantitative estimate of drug-likeness (QED) is 0.307. The third kappa shape index (κ3) is 7.61. The summed E-state index contributed by atoms with van der Waals surface area (Å²) in [5.41, 5.74) is 3.06. The minimum absolute atomic E-state index is 0.0377. The number of rotatable bonds is 11. The number of methoxy groups -OCH3 is 1. The molecule has 172 valence electrons. The van der Waals surface area contributed by atoms with Gasteiger partial charge in [-0.05, 0) is 48.7 Å². The fourth-order valence-electron chi connectivity index (χ4n) is 3.20. The molecule has 3 rings (SSSR count). The highest BCUT2D eigenvalue weighted by Crippen LogP contribution is 2.29. The summed E-state index contributed by atoms with van der Waals surface area (Å²) in [4.78, 5) is 12.8. The molecule has 0 aromatic heterocycles. The number of aryl methyl sites for hydroxylation is 2. The number of hydrogen-bond acceptors (Lipinski definition) is 5. The van der Waals surface area contributed by atoms with E-state index in [0.29, 0.717) is 29.4 Å². The second-order valence-corrected chi connectivity index (χ2v) is 9.12. The first-order valence-electron chi connectivity index (χ1n) is 10.7. The first-order chi connectivity index (χ1) is 15.9. The van der Waals surface area contributed by atoms with Gasteiger partial charge in [0.2, 0.25) is 0 Å². The topological polar surface area (TPSA) is 72.8 Å². The summed E-state index contributed by atoms with van der Waals surface area (Å²) >= 11 is 0. The van der Waals surface area contributed by atoms with Crippen LogP contribution in [0.25, 0.3) is 0 Å². The van der Waals surface area contributed by atoms with Gasteiger partial charge in [-0.1, -0.05) is 54.1 Å². The first kappa shape index (κ1) is 24.3. The smallest absolute Gasteiger partial charge is 0.171 e. The average Bonchev–Trinajstić information content (AvgIpc) is 2.82. The lowest BCUT2D eigenvalue weighted by molar-refractivity contribution is -0.112. The van der Waals surface area contributed by atoms with Crippen molar-refractivity contribution in [1.29, 1.82) is 0 Å². The van der Waals surface area contributed by atoms with E-state index in [1.165, 1.54) is 6.08 Å². The molecule has 33 heavy (non-hydrogen) atoms. The van der Waals surface area contributed by atoms with Crippen LogP contribution in [0.2, 0.25) is 0 Å². The molecule has 0 saturated heterocycles. The van der Waals surface area contributed by atoms with E-state index >= 15 is 0 Å². The summed E-state index contributed by atoms with van der Waals surface area (Å²) in [5, 5.41) is 10.2. The van der Waals surface area contributed by atoms with Gasteiger partial charge in [-0.25, -0.2) is 0 Å². The Labute approximate surface area is 197 Å². The molecule has 0 heterocycles. The van der Waals surface area contributed by atoms with Gasteiger partial charge in [-0.3, -0.25) is 9.00 Å². The fourth-order valence-corrected chi connectivity index (χ4v) is 4.14. The molecule has 3 aromatic carbocycles. The molecule has 0 aliphatic heterocycles. The van der Waals surface area contributed by atoms with Gasteiger partial charge in [-0.15, -0.1) is 0 Å². The average molecular weight is 465 g/mol. The molecular weight excluding hydrogens is 436 g/mol. The van der Waals surface area contributed by atoms with Crippen molar-refractivity contribution in [3.63, 3.8) is 0 Å². The van der Waals surface area contributed by atoms with Crippen LogP contribution in [-0.2, 0) is 28.6 Å². The maximum atomic E-state index is 12.3. The molecular formula is C27H28O5S. The van der Waals surface area contributed by atoms with E-state index in [-0.39, 0.29) is 23.7 Å². The van der Waals surface area contributed by atoms with Crippen LogP contribution in [0.5, 0.6) is 11.5 Å². The number of aliphatic hydroxyl groups is 1. The molecule has 1 N–H and O–H groups in total. The Morgan fingerprint density at radius 1 is 0.970 bits per heavy atom. The number of hydrogen-bond donors (Lipinski definition) is 1. The lowest BCUT2D eigenvalue weighted by Crippen LogP contribution is -2.09. The zero-order valence-corrected chi connectivity index (χ0v) is 19.6. The molecule has 0 amide bonds. The Bertz CT molecular complexity index is 1120. The van der Waals surface area contributed by atoms with E-state index in [9.17, 15) is 14.1 Å². The van der Waals surface area contributed by atoms with Gasteiger partial charge in [0.25, 0.3) is 0 Å². The van der Waals surface area contributed by atoms with E-state index < -0.39 is 10.8 Å². The Morgan fingerprint density at radius 2 is 1.70 bits per heavy atom. The summed E-state index contributed by atoms with van der Waals surface area (Å²) < 4.78 is 23.6. The van der Waals surface area contributed by atoms with Crippen molar-refractivity contribution < 1.29 is 23.6 Å². The summed E-state index contributed by atoms with van der Waals surface area (Å²) in [5.74, 6) is 0.682. The van der Waals surface area contributed by atoms with Crippen LogP contribution >= 0.6 is 0 Å². The summed E-state index contributed by atoms with van der Waals surface area (Å²) in [7, 11) is 0.145. The van der Waals surface area contributed by atoms with Gasteiger partial charge in [0.1, 0.15) is 6.61 Å². The number of aliphatic hydroxyl groups excluding tert-OH is 1. The number of carbonyl (C=O) groups is 1. The zero-order chi connectivity index (χ0) is 23.6. The van der Waals surface area contributed by atoms with Crippen LogP contribution in [-0.4, -0.2) is 28.0 Å². The number of ketones is 1. The summed E-state index contributed by atoms with van der Waals surface area (Å²) in [6.45, 7) is 2.38. The second-order valence-electron chi connectivity index (χ2n) is 7.66. The van der Waals surface area contributed by atoms with Gasteiger partial charge in [-0.2, -0.15) is 0 Å². The molecule has 1 atom stereocenters. The maximum Gasteiger partial charge on any atom is 0.171 e. The normalized spacial score (nSPS) is 12.2. The number of allylic oxidation sites excluding steroid dienone is 2. The van der Waals surface area contributed by atoms with Gasteiger partial charge >= 0.3 is 0 Å². The third-order valence-electron chi connectivity index (χ3n) is 5.02. The molecule has 0 unspecified atom stereocenters. The zero-order valence-electron chi connectivity index (χ0n) is 18.8. The Morgan fingerprint density at radius 3 is 2.39 bits per heavy atom. The number of carbonyl (C=O) groups excluding carboxylic acids is 1. The van der Waals surface area contributed by atoms with Crippen LogP contribution in [0, 0.1) is 6.92 Å². The monoisotopic (exact) mass is 464 g/mol. The van der Waals surface area contributed by atoms with Crippen LogP contribution in [0.1, 0.15) is 23.1 Å². The highest BCUT2D eigenvalue weighted by Gasteiger charge is 2.11. The van der Waals surface area contributed by atoms with Crippen LogP contribution in [0.3, 0.4) is 0 Å². The largest absolute Gasteiger partial charge is 0.512 e. The molecule has 0 spiro atoms. The Hall–Kier alpha value is -3.38. The summed E-state index contributed by atoms with van der Waals surface area (Å²) in [6.07, 6.45) is 1.98. The van der Waals surface area contributed by atoms with E-state index in [0.717, 1.165) is 16.7 Å². The van der Waals surface area contributed by atoms with Gasteiger partial charge in [0.15, 0.2) is 17.3 Å². The predicted molar refractivity (Wildman–Crippen MR) is 130 cm³/mol. The Kier molecular flexibility index (Phi) is 8.84. The molecule has 5 nitrogen and oxygen atoms in total. The van der Waals surface area contributed by atoms with Crippen molar-refractivity contribution in [3.8, 4) is 11.5 Å². The van der Waals surface area contributed by atoms with Crippen molar-refractivity contribution in [2.75, 3.05) is 12.9 Å². The number of ether oxygens (including phenoxy) is 2. The molecule has 0 aliphatic carbocycles. The lowest BCUT2D eigenvalue weighted by Gasteiger charge is -2.12. The van der Waals surface area contributed by atoms with Crippen LogP contribution in [0.4, 0.5) is 0 Å². The lowest BCUT2D eigenvalue weighted by atomic mass is 10.1. The fraction of sp³-hybridized carbons (Fsp3) is 0.222. The van der Waals surface area contributed by atoms with E-state index in [1.54, 1.807) is 19.2 Å². The van der Waals surface area contributed by atoms with Crippen molar-refractivity contribution in [1.82, 2.24) is 0 Å². The molecule has 0 bridgehead atoms. The van der Waals surface area contributed by atoms with Crippen molar-refractivity contribution in [2.24, 2.45) is 0 Å². The van der Waals surface area contributed by atoms with Gasteiger partial charge in [0, 0.05) is 17.4 Å². The van der Waals surface area contributed by atoms with Crippen LogP contribution < -0.4 is 9.47 Å². The minimum Gasteiger partial charge on any atom is -0.512 e. The van der Waals surface area contributed by atoms with Crippen molar-refractivity contribution >= 4 is 16.6 Å². The van der Waals surface area contributed by atoms with Gasteiger partial charge < -0.3 is 14.6 Å². The molecule has 0 radical (unpaired) electrons. The van der Waals surface area contributed by atoms with Crippen molar-refractivity contribution in [3.05, 3.63) is 101 Å². The highest BCUT2D eigenvalue weighted by atomic mass is 32.2. The van der Waals surface area contributed by atoms with Crippen LogP contribution in [0.15, 0.2) is 89.5 Å². The standard InChI is InChI=1S/C27H28O5S/c1-20-8-13-25(14-9-20)33(30)19-24(29)17-23(28)12-10-21-11-15-26(27(16-21)31-2)32-18-22-6-4-3-5-7-22/h3-9,11,13-17,28H,10,12,18-19H2,1-2H3/b23-17-/t33-/m1/s1. The molecule has 0 saturated carbocycles. The molecule has 0 aliphatic rings. The van der Waals surface area contributed by atoms with Crippen molar-refractivity contribution in [2.45, 2.75) is 31.3 Å². The van der Waals surface area contributed by atoms with E-state index in [2.05, 4.69) is 0 Å². The second kappa shape index (κ2) is 12.0. The molecule has 6 heteroatoms. The number of benzene rings is 3.